The Hall–Kier alpha value is -2.62. The van der Waals surface area contributed by atoms with E-state index in [1.54, 1.807) is 24.3 Å². The molecule has 1 saturated heterocycles. The highest BCUT2D eigenvalue weighted by atomic mass is 35.5. The third-order valence-electron chi connectivity index (χ3n) is 5.09. The second kappa shape index (κ2) is 9.67. The molecule has 1 aliphatic rings. The summed E-state index contributed by atoms with van der Waals surface area (Å²) in [4.78, 5) is 24.3. The zero-order valence-corrected chi connectivity index (χ0v) is 18.7. The van der Waals surface area contributed by atoms with Crippen LogP contribution < -0.4 is 10.1 Å². The highest BCUT2D eigenvalue weighted by molar-refractivity contribution is 7.89. The van der Waals surface area contributed by atoms with Crippen molar-refractivity contribution in [2.45, 2.75) is 17.7 Å². The van der Waals surface area contributed by atoms with E-state index in [1.807, 2.05) is 0 Å². The number of nitrogens with one attached hydrogen (secondary N) is 1. The second-order valence-corrected chi connectivity index (χ2v) is 9.40. The van der Waals surface area contributed by atoms with E-state index in [9.17, 15) is 18.0 Å². The summed E-state index contributed by atoms with van der Waals surface area (Å²) in [6.07, 6.45) is 1.13. The van der Waals surface area contributed by atoms with E-state index in [-0.39, 0.29) is 22.4 Å². The van der Waals surface area contributed by atoms with Gasteiger partial charge in [-0.3, -0.25) is 4.79 Å². The number of nitrogens with zero attached hydrogens (tertiary/aromatic N) is 1. The fraction of sp³-hybridized carbons (Fsp3) is 0.333. The number of esters is 1. The van der Waals surface area contributed by atoms with Crippen LogP contribution in [0.25, 0.3) is 0 Å². The van der Waals surface area contributed by atoms with Crippen molar-refractivity contribution in [3.8, 4) is 5.75 Å². The minimum absolute atomic E-state index is 0.0535. The van der Waals surface area contributed by atoms with E-state index in [0.717, 1.165) is 0 Å². The Kier molecular flexibility index (Phi) is 7.19. The van der Waals surface area contributed by atoms with Crippen molar-refractivity contribution in [3.63, 3.8) is 0 Å². The van der Waals surface area contributed by atoms with Gasteiger partial charge in [0.25, 0.3) is 0 Å². The summed E-state index contributed by atoms with van der Waals surface area (Å²) in [6, 6.07) is 10.6. The number of hydrogen-bond donors (Lipinski definition) is 1. The first-order valence-corrected chi connectivity index (χ1v) is 11.4. The van der Waals surface area contributed by atoms with E-state index in [2.05, 4.69) is 10.1 Å². The highest BCUT2D eigenvalue weighted by Crippen LogP contribution is 2.30. The van der Waals surface area contributed by atoms with Crippen molar-refractivity contribution in [3.05, 3.63) is 53.1 Å². The van der Waals surface area contributed by atoms with Gasteiger partial charge in [0.15, 0.2) is 0 Å². The summed E-state index contributed by atoms with van der Waals surface area (Å²) >= 11 is 6.08. The van der Waals surface area contributed by atoms with Crippen LogP contribution >= 0.6 is 11.6 Å². The molecular formula is C21H23ClN2O6S. The Bertz CT molecular complexity index is 1070. The fourth-order valence-corrected chi connectivity index (χ4v) is 5.26. The van der Waals surface area contributed by atoms with Gasteiger partial charge in [0.05, 0.1) is 35.6 Å². The molecule has 1 N–H and O–H groups in total. The zero-order chi connectivity index (χ0) is 22.6. The number of benzene rings is 2. The summed E-state index contributed by atoms with van der Waals surface area (Å²) < 4.78 is 37.1. The van der Waals surface area contributed by atoms with Crippen LogP contribution in [0.1, 0.15) is 23.2 Å². The van der Waals surface area contributed by atoms with Crippen LogP contribution in [0.3, 0.4) is 0 Å². The summed E-state index contributed by atoms with van der Waals surface area (Å²) in [6.45, 7) is 0.391. The van der Waals surface area contributed by atoms with Crippen molar-refractivity contribution in [1.82, 2.24) is 4.31 Å². The summed E-state index contributed by atoms with van der Waals surface area (Å²) in [5.41, 5.74) is 0.883. The van der Waals surface area contributed by atoms with E-state index >= 15 is 0 Å². The summed E-state index contributed by atoms with van der Waals surface area (Å²) in [7, 11) is -1.06. The van der Waals surface area contributed by atoms with Gasteiger partial charge in [-0.05, 0) is 55.3 Å². The molecule has 1 fully saturated rings. The predicted molar refractivity (Wildman–Crippen MR) is 116 cm³/mol. The third kappa shape index (κ3) is 5.17. The first-order valence-electron chi connectivity index (χ1n) is 9.59. The van der Waals surface area contributed by atoms with Gasteiger partial charge in [-0.2, -0.15) is 4.31 Å². The Labute approximate surface area is 186 Å². The molecule has 2 aromatic rings. The van der Waals surface area contributed by atoms with Gasteiger partial charge in [-0.1, -0.05) is 11.6 Å². The molecule has 0 aromatic heterocycles. The van der Waals surface area contributed by atoms with Crippen LogP contribution in [0.2, 0.25) is 5.02 Å². The minimum atomic E-state index is -3.80. The molecule has 1 aliphatic heterocycles. The first kappa shape index (κ1) is 23.1. The Morgan fingerprint density at radius 1 is 1.13 bits per heavy atom. The van der Waals surface area contributed by atoms with Gasteiger partial charge in [0, 0.05) is 18.8 Å². The molecule has 1 amide bonds. The van der Waals surface area contributed by atoms with Crippen LogP contribution in [-0.4, -0.2) is 51.9 Å². The predicted octanol–water partition coefficient (Wildman–Crippen LogP) is 3.17. The number of halogens is 1. The SMILES string of the molecule is COC(=O)c1ccc(NC(=O)[C@@H]2CCCN(S(=O)(=O)c3ccc(OC)c(Cl)c3)C2)cc1. The Morgan fingerprint density at radius 3 is 2.45 bits per heavy atom. The normalized spacial score (nSPS) is 17.1. The molecular weight excluding hydrogens is 444 g/mol. The quantitative estimate of drug-likeness (QED) is 0.656. The topological polar surface area (TPSA) is 102 Å². The number of hydrogen-bond acceptors (Lipinski definition) is 6. The van der Waals surface area contributed by atoms with Gasteiger partial charge >= 0.3 is 5.97 Å². The molecule has 0 spiro atoms. The largest absolute Gasteiger partial charge is 0.495 e. The molecule has 8 nitrogen and oxygen atoms in total. The number of rotatable bonds is 6. The maximum absolute atomic E-state index is 13.0. The molecule has 3 rings (SSSR count). The van der Waals surface area contributed by atoms with Crippen LogP contribution in [0, 0.1) is 5.92 Å². The lowest BCUT2D eigenvalue weighted by molar-refractivity contribution is -0.120. The highest BCUT2D eigenvalue weighted by Gasteiger charge is 2.33. The molecule has 0 saturated carbocycles. The molecule has 1 atom stereocenters. The average Bonchev–Trinajstić information content (AvgIpc) is 2.79. The van der Waals surface area contributed by atoms with Gasteiger partial charge in [-0.25, -0.2) is 13.2 Å². The third-order valence-corrected chi connectivity index (χ3v) is 7.25. The lowest BCUT2D eigenvalue weighted by Gasteiger charge is -2.31. The number of amides is 1. The molecule has 166 valence electrons. The molecule has 0 bridgehead atoms. The van der Waals surface area contributed by atoms with Gasteiger partial charge in [0.1, 0.15) is 5.75 Å². The van der Waals surface area contributed by atoms with E-state index in [0.29, 0.717) is 36.4 Å². The van der Waals surface area contributed by atoms with Gasteiger partial charge in [-0.15, -0.1) is 0 Å². The van der Waals surface area contributed by atoms with Crippen molar-refractivity contribution in [1.29, 1.82) is 0 Å². The van der Waals surface area contributed by atoms with Crippen molar-refractivity contribution in [2.24, 2.45) is 5.92 Å². The standard InChI is InChI=1S/C21H23ClN2O6S/c1-29-19-10-9-17(12-18(19)22)31(27,28)24-11-3-4-15(13-24)20(25)23-16-7-5-14(6-8-16)21(26)30-2/h5-10,12,15H,3-4,11,13H2,1-2H3,(H,23,25)/t15-/m1/s1. The number of anilines is 1. The second-order valence-electron chi connectivity index (χ2n) is 7.06. The van der Waals surface area contributed by atoms with Crippen LogP contribution in [-0.2, 0) is 19.6 Å². The Morgan fingerprint density at radius 2 is 1.84 bits per heavy atom. The molecule has 10 heteroatoms. The number of carbonyl (C=O) groups excluding carboxylic acids is 2. The van der Waals surface area contributed by atoms with Crippen LogP contribution in [0.15, 0.2) is 47.4 Å². The van der Waals surface area contributed by atoms with Crippen molar-refractivity contribution < 1.29 is 27.5 Å². The molecule has 0 unspecified atom stereocenters. The van der Waals surface area contributed by atoms with E-state index in [4.69, 9.17) is 16.3 Å². The Balaban J connectivity index is 1.70. The van der Waals surface area contributed by atoms with E-state index < -0.39 is 21.9 Å². The monoisotopic (exact) mass is 466 g/mol. The van der Waals surface area contributed by atoms with Gasteiger partial charge in [0.2, 0.25) is 15.9 Å². The maximum atomic E-state index is 13.0. The smallest absolute Gasteiger partial charge is 0.337 e. The fourth-order valence-electron chi connectivity index (χ4n) is 3.38. The number of methoxy groups -OCH3 is 2. The lowest BCUT2D eigenvalue weighted by Crippen LogP contribution is -2.43. The van der Waals surface area contributed by atoms with Crippen molar-refractivity contribution in [2.75, 3.05) is 32.6 Å². The maximum Gasteiger partial charge on any atom is 0.337 e. The number of carbonyl (C=O) groups is 2. The molecule has 2 aromatic carbocycles. The molecule has 0 aliphatic carbocycles. The zero-order valence-electron chi connectivity index (χ0n) is 17.1. The van der Waals surface area contributed by atoms with Crippen LogP contribution in [0.5, 0.6) is 5.75 Å². The van der Waals surface area contributed by atoms with E-state index in [1.165, 1.54) is 36.7 Å². The molecule has 31 heavy (non-hydrogen) atoms. The van der Waals surface area contributed by atoms with Crippen molar-refractivity contribution >= 4 is 39.2 Å². The molecule has 0 radical (unpaired) electrons. The number of ether oxygens (including phenoxy) is 2. The summed E-state index contributed by atoms with van der Waals surface area (Å²) in [5.74, 6) is -0.865. The van der Waals surface area contributed by atoms with Gasteiger partial charge < -0.3 is 14.8 Å². The lowest BCUT2D eigenvalue weighted by atomic mass is 9.98. The average molecular weight is 467 g/mol. The van der Waals surface area contributed by atoms with Crippen LogP contribution in [0.4, 0.5) is 5.69 Å². The number of sulfonamides is 1. The first-order chi connectivity index (χ1) is 14.8. The minimum Gasteiger partial charge on any atom is -0.495 e. The molecule has 1 heterocycles. The summed E-state index contributed by atoms with van der Waals surface area (Å²) in [5, 5.41) is 2.98. The number of piperidine rings is 1.